The van der Waals surface area contributed by atoms with Gasteiger partial charge in [-0.1, -0.05) is 0 Å². The lowest BCUT2D eigenvalue weighted by Gasteiger charge is -2.38. The summed E-state index contributed by atoms with van der Waals surface area (Å²) < 4.78 is 64.5. The third-order valence-electron chi connectivity index (χ3n) is 3.16. The molecule has 0 spiro atoms. The van der Waals surface area contributed by atoms with E-state index in [-0.39, 0.29) is 17.9 Å². The summed E-state index contributed by atoms with van der Waals surface area (Å²) in [6.07, 6.45) is 1.16. The summed E-state index contributed by atoms with van der Waals surface area (Å²) in [7, 11) is -3.10. The van der Waals surface area contributed by atoms with Crippen molar-refractivity contribution in [2.24, 2.45) is 0 Å². The fourth-order valence-electron chi connectivity index (χ4n) is 2.05. The van der Waals surface area contributed by atoms with E-state index in [1.807, 2.05) is 0 Å². The third-order valence-corrected chi connectivity index (χ3v) is 4.67. The minimum Gasteiger partial charge on any atom is -0.434 e. The van der Waals surface area contributed by atoms with Crippen LogP contribution in [0.2, 0.25) is 0 Å². The molecule has 0 unspecified atom stereocenters. The van der Waals surface area contributed by atoms with Crippen molar-refractivity contribution < 1.29 is 26.3 Å². The molecule has 1 aromatic carbocycles. The molecule has 1 saturated heterocycles. The molecule has 8 heteroatoms. The van der Waals surface area contributed by atoms with Crippen molar-refractivity contribution in [2.45, 2.75) is 18.4 Å². The molecule has 0 amide bonds. The van der Waals surface area contributed by atoms with Crippen molar-refractivity contribution in [3.8, 4) is 5.75 Å². The predicted molar refractivity (Wildman–Crippen MR) is 66.9 cm³/mol. The second kappa shape index (κ2) is 5.61. The van der Waals surface area contributed by atoms with E-state index in [1.165, 1.54) is 0 Å². The molecule has 1 aromatic rings. The molecule has 0 N–H and O–H groups in total. The van der Waals surface area contributed by atoms with Crippen LogP contribution in [0.15, 0.2) is 18.2 Å². The minimum absolute atomic E-state index is 0.0933. The van der Waals surface area contributed by atoms with E-state index in [4.69, 9.17) is 0 Å². The Morgan fingerprint density at radius 2 is 2.05 bits per heavy atom. The van der Waals surface area contributed by atoms with Crippen LogP contribution in [0.25, 0.3) is 0 Å². The molecule has 112 valence electrons. The number of likely N-dealkylation sites (tertiary alicyclic amines) is 1. The Bertz CT molecular complexity index is 586. The number of alkyl halides is 2. The van der Waals surface area contributed by atoms with Crippen molar-refractivity contribution in [2.75, 3.05) is 19.3 Å². The first-order valence-electron chi connectivity index (χ1n) is 5.90. The van der Waals surface area contributed by atoms with Gasteiger partial charge in [-0.2, -0.15) is 8.78 Å². The lowest BCUT2D eigenvalue weighted by Crippen LogP contribution is -2.53. The standard InChI is InChI=1S/C12H14F3NO3S/c1-20(17,18)10-6-16(7-10)5-8-4-9(13)2-3-11(8)19-12(14)15/h2-4,10,12H,5-7H2,1H3. The van der Waals surface area contributed by atoms with Gasteiger partial charge in [-0.25, -0.2) is 12.8 Å². The molecule has 4 nitrogen and oxygen atoms in total. The smallest absolute Gasteiger partial charge is 0.387 e. The quantitative estimate of drug-likeness (QED) is 0.830. The van der Waals surface area contributed by atoms with Crippen molar-refractivity contribution in [1.29, 1.82) is 0 Å². The number of ether oxygens (including phenoxy) is 1. The van der Waals surface area contributed by atoms with Crippen LogP contribution in [0.5, 0.6) is 5.75 Å². The normalized spacial score (nSPS) is 17.2. The lowest BCUT2D eigenvalue weighted by molar-refractivity contribution is -0.0509. The summed E-state index contributed by atoms with van der Waals surface area (Å²) in [6, 6.07) is 3.30. The summed E-state index contributed by atoms with van der Waals surface area (Å²) in [6.45, 7) is -2.20. The maximum atomic E-state index is 13.2. The monoisotopic (exact) mass is 309 g/mol. The van der Waals surface area contributed by atoms with Crippen molar-refractivity contribution >= 4 is 9.84 Å². The first kappa shape index (κ1) is 15.1. The second-order valence-corrected chi connectivity index (χ2v) is 7.10. The van der Waals surface area contributed by atoms with Gasteiger partial charge in [0.1, 0.15) is 11.6 Å². The maximum absolute atomic E-state index is 13.2. The van der Waals surface area contributed by atoms with Gasteiger partial charge in [0.2, 0.25) is 0 Å². The van der Waals surface area contributed by atoms with E-state index in [2.05, 4.69) is 4.74 Å². The van der Waals surface area contributed by atoms with Crippen LogP contribution in [0.1, 0.15) is 5.56 Å². The third kappa shape index (κ3) is 3.63. The summed E-state index contributed by atoms with van der Waals surface area (Å²) in [5, 5.41) is -0.449. The topological polar surface area (TPSA) is 46.6 Å². The van der Waals surface area contributed by atoms with Crippen LogP contribution < -0.4 is 4.74 Å². The van der Waals surface area contributed by atoms with E-state index in [9.17, 15) is 21.6 Å². The molecule has 0 atom stereocenters. The summed E-state index contributed by atoms with van der Waals surface area (Å²) >= 11 is 0. The number of hydrogen-bond acceptors (Lipinski definition) is 4. The highest BCUT2D eigenvalue weighted by Gasteiger charge is 2.34. The van der Waals surface area contributed by atoms with Crippen LogP contribution in [0, 0.1) is 5.82 Å². The van der Waals surface area contributed by atoms with Crippen LogP contribution in [-0.2, 0) is 16.4 Å². The van der Waals surface area contributed by atoms with Crippen LogP contribution in [0.3, 0.4) is 0 Å². The van der Waals surface area contributed by atoms with E-state index < -0.39 is 27.5 Å². The molecule has 0 radical (unpaired) electrons. The lowest BCUT2D eigenvalue weighted by atomic mass is 10.1. The predicted octanol–water partition coefficient (Wildman–Crippen LogP) is 1.66. The molecule has 2 rings (SSSR count). The molecule has 1 aliphatic rings. The minimum atomic E-state index is -3.10. The van der Waals surface area contributed by atoms with Crippen LogP contribution >= 0.6 is 0 Å². The van der Waals surface area contributed by atoms with Gasteiger partial charge in [-0.05, 0) is 18.2 Å². The zero-order valence-corrected chi connectivity index (χ0v) is 11.5. The SMILES string of the molecule is CS(=O)(=O)C1CN(Cc2cc(F)ccc2OC(F)F)C1. The highest BCUT2D eigenvalue weighted by Crippen LogP contribution is 2.26. The Labute approximate surface area is 115 Å². The van der Waals surface area contributed by atoms with E-state index in [0.29, 0.717) is 13.1 Å². The van der Waals surface area contributed by atoms with E-state index in [1.54, 1.807) is 4.90 Å². The molecule has 0 aromatic heterocycles. The van der Waals surface area contributed by atoms with Crippen LogP contribution in [-0.4, -0.2) is 44.5 Å². The second-order valence-electron chi connectivity index (χ2n) is 4.78. The van der Waals surface area contributed by atoms with Crippen LogP contribution in [0.4, 0.5) is 13.2 Å². The van der Waals surface area contributed by atoms with Gasteiger partial charge in [-0.3, -0.25) is 4.90 Å². The average Bonchev–Trinajstić information content (AvgIpc) is 2.24. The highest BCUT2D eigenvalue weighted by molar-refractivity contribution is 7.91. The molecule has 1 aliphatic heterocycles. The average molecular weight is 309 g/mol. The van der Waals surface area contributed by atoms with E-state index >= 15 is 0 Å². The Kier molecular flexibility index (Phi) is 4.24. The summed E-state index contributed by atoms with van der Waals surface area (Å²) in [5.41, 5.74) is 0.275. The summed E-state index contributed by atoms with van der Waals surface area (Å²) in [5.74, 6) is -0.647. The van der Waals surface area contributed by atoms with Gasteiger partial charge < -0.3 is 4.74 Å². The number of nitrogens with zero attached hydrogens (tertiary/aromatic N) is 1. The molecular formula is C12H14F3NO3S. The number of halogens is 3. The van der Waals surface area contributed by atoms with Gasteiger partial charge in [0.05, 0.1) is 5.25 Å². The number of benzene rings is 1. The van der Waals surface area contributed by atoms with Gasteiger partial charge in [0.25, 0.3) is 0 Å². The largest absolute Gasteiger partial charge is 0.434 e. The zero-order chi connectivity index (χ0) is 14.9. The number of rotatable bonds is 5. The molecule has 0 aliphatic carbocycles. The Balaban J connectivity index is 2.05. The Morgan fingerprint density at radius 1 is 1.40 bits per heavy atom. The number of hydrogen-bond donors (Lipinski definition) is 0. The van der Waals surface area contributed by atoms with Gasteiger partial charge in [0, 0.05) is 31.5 Å². The Hall–Kier alpha value is -1.28. The Morgan fingerprint density at radius 3 is 2.60 bits per heavy atom. The first-order chi connectivity index (χ1) is 9.25. The fourth-order valence-corrected chi connectivity index (χ4v) is 3.01. The van der Waals surface area contributed by atoms with Crippen molar-refractivity contribution in [1.82, 2.24) is 4.90 Å². The molecular weight excluding hydrogens is 295 g/mol. The fraction of sp³-hybridized carbons (Fsp3) is 0.500. The zero-order valence-electron chi connectivity index (χ0n) is 10.7. The molecule has 20 heavy (non-hydrogen) atoms. The number of sulfone groups is 1. The maximum Gasteiger partial charge on any atom is 0.387 e. The van der Waals surface area contributed by atoms with Crippen molar-refractivity contribution in [3.63, 3.8) is 0 Å². The van der Waals surface area contributed by atoms with Crippen molar-refractivity contribution in [3.05, 3.63) is 29.6 Å². The van der Waals surface area contributed by atoms with E-state index in [0.717, 1.165) is 24.5 Å². The van der Waals surface area contributed by atoms with Gasteiger partial charge in [0.15, 0.2) is 9.84 Å². The molecule has 0 saturated carbocycles. The van der Waals surface area contributed by atoms with Gasteiger partial charge >= 0.3 is 6.61 Å². The molecule has 0 bridgehead atoms. The first-order valence-corrected chi connectivity index (χ1v) is 7.85. The molecule has 1 fully saturated rings. The molecule has 1 heterocycles. The highest BCUT2D eigenvalue weighted by atomic mass is 32.2. The van der Waals surface area contributed by atoms with Gasteiger partial charge in [-0.15, -0.1) is 0 Å². The summed E-state index contributed by atoms with van der Waals surface area (Å²) in [4.78, 5) is 1.73.